The maximum Gasteiger partial charge on any atom is 0.0726 e. The highest BCUT2D eigenvalue weighted by Crippen LogP contribution is 2.18. The number of rotatable bonds is 3. The normalized spacial score (nSPS) is 11.0. The van der Waals surface area contributed by atoms with E-state index in [0.29, 0.717) is 6.42 Å². The number of hydrogen-bond donors (Lipinski definition) is 1. The van der Waals surface area contributed by atoms with Gasteiger partial charge in [-0.15, -0.1) is 0 Å². The number of nitrogens with zero attached hydrogens (tertiary/aromatic N) is 2. The molecular weight excluding hydrogens is 176 g/mol. The number of fused-ring (bicyclic) bond motifs is 1. The first kappa shape index (κ1) is 9.21. The van der Waals surface area contributed by atoms with E-state index in [2.05, 4.69) is 24.2 Å². The fourth-order valence-electron chi connectivity index (χ4n) is 1.73. The molecule has 0 radical (unpaired) electrons. The lowest BCUT2D eigenvalue weighted by atomic mass is 10.2. The lowest BCUT2D eigenvalue weighted by Gasteiger charge is -1.95. The van der Waals surface area contributed by atoms with E-state index >= 15 is 0 Å². The number of aromatic nitrogens is 2. The fourth-order valence-corrected chi connectivity index (χ4v) is 1.73. The van der Waals surface area contributed by atoms with Crippen LogP contribution >= 0.6 is 0 Å². The van der Waals surface area contributed by atoms with Crippen molar-refractivity contribution in [3.63, 3.8) is 0 Å². The molecule has 0 unspecified atom stereocenters. The highest BCUT2D eigenvalue weighted by molar-refractivity contribution is 5.81. The molecule has 0 saturated heterocycles. The van der Waals surface area contributed by atoms with Crippen LogP contribution in [0.2, 0.25) is 0 Å². The van der Waals surface area contributed by atoms with Crippen molar-refractivity contribution in [3.8, 4) is 0 Å². The number of benzene rings is 1. The van der Waals surface area contributed by atoms with E-state index in [-0.39, 0.29) is 6.61 Å². The molecule has 14 heavy (non-hydrogen) atoms. The molecule has 1 heterocycles. The molecule has 1 aromatic heterocycles. The van der Waals surface area contributed by atoms with Crippen LogP contribution in [0, 0.1) is 0 Å². The standard InChI is InChI=1S/C11H14N2O/c1-2-13-11-6-4-3-5-9(11)10(12-13)7-8-14/h3-6,14H,2,7-8H2,1H3. The quantitative estimate of drug-likeness (QED) is 0.798. The van der Waals surface area contributed by atoms with Crippen LogP contribution in [-0.2, 0) is 13.0 Å². The number of aryl methyl sites for hydroxylation is 1. The van der Waals surface area contributed by atoms with Crippen molar-refractivity contribution in [1.82, 2.24) is 9.78 Å². The molecule has 0 aliphatic heterocycles. The van der Waals surface area contributed by atoms with Gasteiger partial charge in [-0.25, -0.2) is 0 Å². The molecule has 3 nitrogen and oxygen atoms in total. The molecule has 0 bridgehead atoms. The van der Waals surface area contributed by atoms with Crippen molar-refractivity contribution in [1.29, 1.82) is 0 Å². The van der Waals surface area contributed by atoms with Gasteiger partial charge in [-0.3, -0.25) is 4.68 Å². The van der Waals surface area contributed by atoms with Gasteiger partial charge in [0.25, 0.3) is 0 Å². The maximum atomic E-state index is 8.91. The summed E-state index contributed by atoms with van der Waals surface area (Å²) in [7, 11) is 0. The van der Waals surface area contributed by atoms with Gasteiger partial charge in [0, 0.05) is 25.0 Å². The Kier molecular flexibility index (Phi) is 2.50. The van der Waals surface area contributed by atoms with Gasteiger partial charge < -0.3 is 5.11 Å². The summed E-state index contributed by atoms with van der Waals surface area (Å²) in [4.78, 5) is 0. The van der Waals surface area contributed by atoms with Gasteiger partial charge in [0.2, 0.25) is 0 Å². The molecule has 0 atom stereocenters. The fraction of sp³-hybridized carbons (Fsp3) is 0.364. The Morgan fingerprint density at radius 1 is 1.36 bits per heavy atom. The van der Waals surface area contributed by atoms with E-state index in [0.717, 1.165) is 23.1 Å². The zero-order chi connectivity index (χ0) is 9.97. The van der Waals surface area contributed by atoms with Crippen LogP contribution in [-0.4, -0.2) is 21.5 Å². The van der Waals surface area contributed by atoms with Crippen LogP contribution in [0.3, 0.4) is 0 Å². The van der Waals surface area contributed by atoms with E-state index in [9.17, 15) is 0 Å². The van der Waals surface area contributed by atoms with Crippen LogP contribution in [0.25, 0.3) is 10.9 Å². The van der Waals surface area contributed by atoms with Crippen LogP contribution in [0.15, 0.2) is 24.3 Å². The third kappa shape index (κ3) is 1.40. The van der Waals surface area contributed by atoms with Gasteiger partial charge >= 0.3 is 0 Å². The molecule has 2 aromatic rings. The van der Waals surface area contributed by atoms with Gasteiger partial charge in [-0.05, 0) is 13.0 Å². The molecule has 1 N–H and O–H groups in total. The highest BCUT2D eigenvalue weighted by atomic mass is 16.3. The van der Waals surface area contributed by atoms with Gasteiger partial charge in [0.05, 0.1) is 11.2 Å². The van der Waals surface area contributed by atoms with E-state index in [4.69, 9.17) is 5.11 Å². The van der Waals surface area contributed by atoms with Crippen LogP contribution in [0.4, 0.5) is 0 Å². The van der Waals surface area contributed by atoms with E-state index in [1.165, 1.54) is 0 Å². The van der Waals surface area contributed by atoms with Crippen molar-refractivity contribution in [3.05, 3.63) is 30.0 Å². The Balaban J connectivity index is 2.61. The Hall–Kier alpha value is -1.35. The summed E-state index contributed by atoms with van der Waals surface area (Å²) in [5, 5.41) is 14.5. The van der Waals surface area contributed by atoms with E-state index < -0.39 is 0 Å². The van der Waals surface area contributed by atoms with Gasteiger partial charge in [-0.2, -0.15) is 5.10 Å². The Morgan fingerprint density at radius 2 is 2.14 bits per heavy atom. The number of aliphatic hydroxyl groups is 1. The van der Waals surface area contributed by atoms with Crippen LogP contribution in [0.1, 0.15) is 12.6 Å². The summed E-state index contributed by atoms with van der Waals surface area (Å²) in [5.74, 6) is 0. The molecule has 0 aliphatic carbocycles. The highest BCUT2D eigenvalue weighted by Gasteiger charge is 2.07. The lowest BCUT2D eigenvalue weighted by molar-refractivity contribution is 0.298. The first-order valence-corrected chi connectivity index (χ1v) is 4.92. The first-order valence-electron chi connectivity index (χ1n) is 4.92. The summed E-state index contributed by atoms with van der Waals surface area (Å²) in [6.45, 7) is 3.10. The average molecular weight is 190 g/mol. The van der Waals surface area contributed by atoms with Gasteiger partial charge in [0.1, 0.15) is 0 Å². The Morgan fingerprint density at radius 3 is 2.86 bits per heavy atom. The largest absolute Gasteiger partial charge is 0.396 e. The summed E-state index contributed by atoms with van der Waals surface area (Å²) in [6.07, 6.45) is 0.632. The number of aliphatic hydroxyl groups excluding tert-OH is 1. The van der Waals surface area contributed by atoms with Gasteiger partial charge in [-0.1, -0.05) is 18.2 Å². The van der Waals surface area contributed by atoms with Crippen LogP contribution in [0.5, 0.6) is 0 Å². The lowest BCUT2D eigenvalue weighted by Crippen LogP contribution is -1.98. The van der Waals surface area contributed by atoms with Crippen molar-refractivity contribution in [2.24, 2.45) is 0 Å². The molecule has 0 saturated carbocycles. The zero-order valence-corrected chi connectivity index (χ0v) is 8.27. The predicted molar refractivity (Wildman–Crippen MR) is 56.2 cm³/mol. The minimum Gasteiger partial charge on any atom is -0.396 e. The number of hydrogen-bond acceptors (Lipinski definition) is 2. The zero-order valence-electron chi connectivity index (χ0n) is 8.27. The molecule has 74 valence electrons. The van der Waals surface area contributed by atoms with Crippen LogP contribution < -0.4 is 0 Å². The molecule has 2 rings (SSSR count). The molecule has 0 amide bonds. The molecule has 0 fully saturated rings. The average Bonchev–Trinajstić information content (AvgIpc) is 2.58. The molecular formula is C11H14N2O. The summed E-state index contributed by atoms with van der Waals surface area (Å²) < 4.78 is 1.97. The van der Waals surface area contributed by atoms with E-state index in [1.54, 1.807) is 0 Å². The minimum absolute atomic E-state index is 0.157. The summed E-state index contributed by atoms with van der Waals surface area (Å²) >= 11 is 0. The summed E-state index contributed by atoms with van der Waals surface area (Å²) in [5.41, 5.74) is 2.14. The van der Waals surface area contributed by atoms with Crippen molar-refractivity contribution in [2.75, 3.05) is 6.61 Å². The Bertz CT molecular complexity index is 434. The minimum atomic E-state index is 0.157. The van der Waals surface area contributed by atoms with Crippen molar-refractivity contribution >= 4 is 10.9 Å². The molecule has 1 aromatic carbocycles. The maximum absolute atomic E-state index is 8.91. The molecule has 3 heteroatoms. The third-order valence-electron chi connectivity index (χ3n) is 2.38. The third-order valence-corrected chi connectivity index (χ3v) is 2.38. The first-order chi connectivity index (χ1) is 6.86. The van der Waals surface area contributed by atoms with Crippen molar-refractivity contribution < 1.29 is 5.11 Å². The van der Waals surface area contributed by atoms with E-state index in [1.807, 2.05) is 16.8 Å². The summed E-state index contributed by atoms with van der Waals surface area (Å²) in [6, 6.07) is 8.13. The smallest absolute Gasteiger partial charge is 0.0726 e. The SMILES string of the molecule is CCn1nc(CCO)c2ccccc21. The molecule has 0 aliphatic rings. The van der Waals surface area contributed by atoms with Crippen molar-refractivity contribution in [2.45, 2.75) is 19.9 Å². The second-order valence-electron chi connectivity index (χ2n) is 3.25. The van der Waals surface area contributed by atoms with Gasteiger partial charge in [0.15, 0.2) is 0 Å². The Labute approximate surface area is 83.0 Å². The second kappa shape index (κ2) is 3.80. The second-order valence-corrected chi connectivity index (χ2v) is 3.25. The number of para-hydroxylation sites is 1. The predicted octanol–water partition coefficient (Wildman–Crippen LogP) is 1.59. The monoisotopic (exact) mass is 190 g/mol. The topological polar surface area (TPSA) is 38.0 Å². The molecule has 0 spiro atoms.